The highest BCUT2D eigenvalue weighted by Crippen LogP contribution is 2.19. The molecule has 0 aliphatic rings. The van der Waals surface area contributed by atoms with Crippen LogP contribution in [0.4, 0.5) is 5.69 Å². The molecule has 1 heterocycles. The first kappa shape index (κ1) is 18.6. The van der Waals surface area contributed by atoms with Crippen LogP contribution < -0.4 is 4.90 Å². The molecule has 0 saturated heterocycles. The molecule has 0 saturated carbocycles. The summed E-state index contributed by atoms with van der Waals surface area (Å²) < 4.78 is 5.20. The number of hydrogen-bond acceptors (Lipinski definition) is 5. The van der Waals surface area contributed by atoms with Crippen molar-refractivity contribution in [3.63, 3.8) is 0 Å². The molecule has 0 aliphatic carbocycles. The normalized spacial score (nSPS) is 11.3. The van der Waals surface area contributed by atoms with Gasteiger partial charge in [0.2, 0.25) is 11.8 Å². The van der Waals surface area contributed by atoms with E-state index in [1.165, 1.54) is 4.90 Å². The van der Waals surface area contributed by atoms with Gasteiger partial charge in [-0.3, -0.25) is 9.59 Å². The van der Waals surface area contributed by atoms with E-state index in [4.69, 9.17) is 9.63 Å². The van der Waals surface area contributed by atoms with E-state index in [2.05, 4.69) is 10.1 Å². The van der Waals surface area contributed by atoms with Crippen molar-refractivity contribution < 1.29 is 19.2 Å². The molecule has 0 unspecified atom stereocenters. The van der Waals surface area contributed by atoms with Gasteiger partial charge in [0.05, 0.1) is 0 Å². The number of nitrogens with zero attached hydrogens (tertiary/aromatic N) is 3. The average molecular weight is 345 g/mol. The molecular formula is C18H23N3O4. The quantitative estimate of drug-likeness (QED) is 0.829. The number of benzene rings is 1. The number of carboxylic acids is 1. The molecule has 0 radical (unpaired) electrons. The van der Waals surface area contributed by atoms with Crippen molar-refractivity contribution in [3.8, 4) is 0 Å². The first-order valence-electron chi connectivity index (χ1n) is 8.17. The molecular weight excluding hydrogens is 322 g/mol. The standard InChI is InChI=1S/C18H23N3O4/c1-18(2,3)17-19-14(25-20-17)10-7-11-15(22)21(12-16(23)24)13-8-5-4-6-9-13/h4-6,8-9H,7,10-12H2,1-3H3,(H,23,24). The Hall–Kier alpha value is -2.70. The van der Waals surface area contributed by atoms with Crippen molar-refractivity contribution in [3.05, 3.63) is 42.0 Å². The molecule has 7 heteroatoms. The van der Waals surface area contributed by atoms with Crippen molar-refractivity contribution in [1.29, 1.82) is 0 Å². The lowest BCUT2D eigenvalue weighted by Gasteiger charge is -2.20. The Bertz CT molecular complexity index is 719. The Morgan fingerprint density at radius 1 is 1.20 bits per heavy atom. The number of carbonyl (C=O) groups is 2. The van der Waals surface area contributed by atoms with Gasteiger partial charge in [0.15, 0.2) is 5.82 Å². The molecule has 0 fully saturated rings. The Kier molecular flexibility index (Phi) is 5.90. The van der Waals surface area contributed by atoms with Gasteiger partial charge in [-0.15, -0.1) is 0 Å². The van der Waals surface area contributed by atoms with Crippen LogP contribution >= 0.6 is 0 Å². The number of rotatable bonds is 7. The number of carboxylic acid groups (broad SMARTS) is 1. The minimum absolute atomic E-state index is 0.191. The molecule has 25 heavy (non-hydrogen) atoms. The zero-order valence-electron chi connectivity index (χ0n) is 14.7. The summed E-state index contributed by atoms with van der Waals surface area (Å²) in [5, 5.41) is 13.0. The Morgan fingerprint density at radius 3 is 2.44 bits per heavy atom. The van der Waals surface area contributed by atoms with Crippen LogP contribution in [0.2, 0.25) is 0 Å². The Morgan fingerprint density at radius 2 is 1.88 bits per heavy atom. The molecule has 2 aromatic rings. The third-order valence-corrected chi connectivity index (χ3v) is 3.58. The van der Waals surface area contributed by atoms with E-state index in [1.54, 1.807) is 24.3 Å². The minimum Gasteiger partial charge on any atom is -0.480 e. The minimum atomic E-state index is -1.05. The van der Waals surface area contributed by atoms with Crippen molar-refractivity contribution in [2.24, 2.45) is 0 Å². The maximum Gasteiger partial charge on any atom is 0.323 e. The first-order chi connectivity index (χ1) is 11.8. The summed E-state index contributed by atoms with van der Waals surface area (Å²) in [7, 11) is 0. The number of aromatic nitrogens is 2. The van der Waals surface area contributed by atoms with Crippen molar-refractivity contribution in [2.75, 3.05) is 11.4 Å². The highest BCUT2D eigenvalue weighted by Gasteiger charge is 2.22. The zero-order chi connectivity index (χ0) is 18.4. The van der Waals surface area contributed by atoms with Gasteiger partial charge in [0.25, 0.3) is 0 Å². The van der Waals surface area contributed by atoms with Gasteiger partial charge in [-0.2, -0.15) is 4.98 Å². The van der Waals surface area contributed by atoms with E-state index >= 15 is 0 Å². The second-order valence-corrected chi connectivity index (χ2v) is 6.82. The van der Waals surface area contributed by atoms with E-state index in [0.717, 1.165) is 0 Å². The number of hydrogen-bond donors (Lipinski definition) is 1. The topological polar surface area (TPSA) is 96.5 Å². The summed E-state index contributed by atoms with van der Waals surface area (Å²) in [6.07, 6.45) is 1.19. The lowest BCUT2D eigenvalue weighted by Crippen LogP contribution is -2.35. The van der Waals surface area contributed by atoms with Gasteiger partial charge < -0.3 is 14.5 Å². The van der Waals surface area contributed by atoms with Gasteiger partial charge in [-0.05, 0) is 18.6 Å². The molecule has 1 aromatic heterocycles. The van der Waals surface area contributed by atoms with Crippen molar-refractivity contribution in [2.45, 2.75) is 45.4 Å². The van der Waals surface area contributed by atoms with Gasteiger partial charge in [-0.1, -0.05) is 44.1 Å². The highest BCUT2D eigenvalue weighted by molar-refractivity contribution is 5.97. The third kappa shape index (κ3) is 5.41. The summed E-state index contributed by atoms with van der Waals surface area (Å²) in [4.78, 5) is 29.1. The monoisotopic (exact) mass is 345 g/mol. The van der Waals surface area contributed by atoms with Crippen LogP contribution in [0.1, 0.15) is 45.3 Å². The van der Waals surface area contributed by atoms with E-state index in [0.29, 0.717) is 30.2 Å². The molecule has 0 bridgehead atoms. The van der Waals surface area contributed by atoms with Crippen molar-refractivity contribution >= 4 is 17.6 Å². The van der Waals surface area contributed by atoms with Crippen LogP contribution in [-0.2, 0) is 21.4 Å². The van der Waals surface area contributed by atoms with Crippen LogP contribution in [0.3, 0.4) is 0 Å². The number of anilines is 1. The van der Waals surface area contributed by atoms with Crippen LogP contribution in [0.5, 0.6) is 0 Å². The van der Waals surface area contributed by atoms with Gasteiger partial charge in [0, 0.05) is 23.9 Å². The molecule has 7 nitrogen and oxygen atoms in total. The van der Waals surface area contributed by atoms with E-state index in [-0.39, 0.29) is 24.3 Å². The summed E-state index contributed by atoms with van der Waals surface area (Å²) in [5.41, 5.74) is 0.381. The van der Waals surface area contributed by atoms with Crippen LogP contribution in [0.15, 0.2) is 34.9 Å². The second kappa shape index (κ2) is 7.92. The highest BCUT2D eigenvalue weighted by atomic mass is 16.5. The average Bonchev–Trinajstić information content (AvgIpc) is 3.02. The molecule has 2 rings (SSSR count). The van der Waals surface area contributed by atoms with Gasteiger partial charge >= 0.3 is 5.97 Å². The molecule has 1 amide bonds. The van der Waals surface area contributed by atoms with Crippen LogP contribution in [-0.4, -0.2) is 33.7 Å². The first-order valence-corrected chi connectivity index (χ1v) is 8.17. The predicted molar refractivity (Wildman–Crippen MR) is 92.4 cm³/mol. The molecule has 1 aromatic carbocycles. The predicted octanol–water partition coefficient (Wildman–Crippen LogP) is 2.81. The fourth-order valence-corrected chi connectivity index (χ4v) is 2.25. The fourth-order valence-electron chi connectivity index (χ4n) is 2.25. The summed E-state index contributed by atoms with van der Waals surface area (Å²) in [6, 6.07) is 8.78. The van der Waals surface area contributed by atoms with Crippen LogP contribution in [0.25, 0.3) is 0 Å². The largest absolute Gasteiger partial charge is 0.480 e. The van der Waals surface area contributed by atoms with Crippen molar-refractivity contribution in [1.82, 2.24) is 10.1 Å². The molecule has 134 valence electrons. The number of para-hydroxylation sites is 1. The summed E-state index contributed by atoms with van der Waals surface area (Å²) in [6.45, 7) is 5.62. The number of aliphatic carboxylic acids is 1. The summed E-state index contributed by atoms with van der Waals surface area (Å²) in [5.74, 6) is -0.180. The number of amides is 1. The number of aryl methyl sites for hydroxylation is 1. The summed E-state index contributed by atoms with van der Waals surface area (Å²) >= 11 is 0. The SMILES string of the molecule is CC(C)(C)c1noc(CCCC(=O)N(CC(=O)O)c2ccccc2)n1. The Labute approximate surface area is 146 Å². The van der Waals surface area contributed by atoms with Gasteiger partial charge in [-0.25, -0.2) is 0 Å². The zero-order valence-corrected chi connectivity index (χ0v) is 14.7. The van der Waals surface area contributed by atoms with Gasteiger partial charge in [0.1, 0.15) is 6.54 Å². The molecule has 1 N–H and O–H groups in total. The molecule has 0 spiro atoms. The third-order valence-electron chi connectivity index (χ3n) is 3.58. The fraction of sp³-hybridized carbons (Fsp3) is 0.444. The lowest BCUT2D eigenvalue weighted by atomic mass is 9.96. The Balaban J connectivity index is 1.95. The van der Waals surface area contributed by atoms with E-state index in [9.17, 15) is 9.59 Å². The molecule has 0 atom stereocenters. The number of carbonyl (C=O) groups excluding carboxylic acids is 1. The van der Waals surface area contributed by atoms with E-state index in [1.807, 2.05) is 26.8 Å². The lowest BCUT2D eigenvalue weighted by molar-refractivity contribution is -0.136. The second-order valence-electron chi connectivity index (χ2n) is 6.82. The maximum absolute atomic E-state index is 12.4. The molecule has 0 aliphatic heterocycles. The smallest absolute Gasteiger partial charge is 0.323 e. The maximum atomic E-state index is 12.4. The van der Waals surface area contributed by atoms with E-state index < -0.39 is 5.97 Å². The van der Waals surface area contributed by atoms with Crippen LogP contribution in [0, 0.1) is 0 Å².